The lowest BCUT2D eigenvalue weighted by Crippen LogP contribution is -2.23. The van der Waals surface area contributed by atoms with Crippen molar-refractivity contribution >= 4 is 11.6 Å². The first-order chi connectivity index (χ1) is 10.1. The highest BCUT2D eigenvalue weighted by molar-refractivity contribution is 5.94. The number of aromatic hydroxyl groups is 1. The van der Waals surface area contributed by atoms with E-state index in [2.05, 4.69) is 5.48 Å². The van der Waals surface area contributed by atoms with Crippen molar-refractivity contribution in [1.82, 2.24) is 5.48 Å². The van der Waals surface area contributed by atoms with Gasteiger partial charge in [-0.3, -0.25) is 19.7 Å². The normalized spacial score (nSPS) is 10.1. The molecule has 7 heteroatoms. The number of rotatable bonds is 5. The number of nitro benzene ring substituents is 1. The zero-order valence-electron chi connectivity index (χ0n) is 10.9. The molecule has 2 N–H and O–H groups in total. The summed E-state index contributed by atoms with van der Waals surface area (Å²) in [5.74, 6) is -1.17. The highest BCUT2D eigenvalue weighted by Gasteiger charge is 2.16. The Morgan fingerprint density at radius 1 is 1.24 bits per heavy atom. The summed E-state index contributed by atoms with van der Waals surface area (Å²) in [4.78, 5) is 26.6. The monoisotopic (exact) mass is 288 g/mol. The van der Waals surface area contributed by atoms with Crippen molar-refractivity contribution in [3.63, 3.8) is 0 Å². The van der Waals surface area contributed by atoms with Gasteiger partial charge in [-0.05, 0) is 17.7 Å². The molecular formula is C14H12N2O5. The Morgan fingerprint density at radius 2 is 1.95 bits per heavy atom. The van der Waals surface area contributed by atoms with Crippen molar-refractivity contribution in [1.29, 1.82) is 0 Å². The number of hydrogen-bond acceptors (Lipinski definition) is 5. The van der Waals surface area contributed by atoms with Gasteiger partial charge in [0.2, 0.25) is 0 Å². The molecule has 0 bridgehead atoms. The SMILES string of the molecule is O=C(NOCc1ccccc1)c1ccc([N+](=O)[O-])c(O)c1. The van der Waals surface area contributed by atoms with Crippen LogP contribution in [0.2, 0.25) is 0 Å². The van der Waals surface area contributed by atoms with E-state index in [1.165, 1.54) is 6.07 Å². The number of nitro groups is 1. The lowest BCUT2D eigenvalue weighted by molar-refractivity contribution is -0.385. The minimum absolute atomic E-state index is 0.0613. The van der Waals surface area contributed by atoms with Crippen LogP contribution in [0.4, 0.5) is 5.69 Å². The van der Waals surface area contributed by atoms with E-state index in [-0.39, 0.29) is 12.2 Å². The van der Waals surface area contributed by atoms with Gasteiger partial charge in [-0.2, -0.15) is 0 Å². The van der Waals surface area contributed by atoms with Crippen LogP contribution >= 0.6 is 0 Å². The van der Waals surface area contributed by atoms with Crippen LogP contribution in [-0.4, -0.2) is 15.9 Å². The minimum atomic E-state index is -0.733. The number of carbonyl (C=O) groups excluding carboxylic acids is 1. The van der Waals surface area contributed by atoms with Crippen molar-refractivity contribution in [2.75, 3.05) is 0 Å². The Kier molecular flexibility index (Phi) is 4.47. The first kappa shape index (κ1) is 14.5. The molecule has 2 aromatic carbocycles. The second-order valence-corrected chi connectivity index (χ2v) is 4.17. The fraction of sp³-hybridized carbons (Fsp3) is 0.0714. The molecule has 0 spiro atoms. The van der Waals surface area contributed by atoms with Gasteiger partial charge in [-0.25, -0.2) is 5.48 Å². The molecule has 0 saturated heterocycles. The smallest absolute Gasteiger partial charge is 0.310 e. The third-order valence-corrected chi connectivity index (χ3v) is 2.68. The number of hydroxylamine groups is 1. The lowest BCUT2D eigenvalue weighted by atomic mass is 10.2. The van der Waals surface area contributed by atoms with Crippen molar-refractivity contribution in [3.8, 4) is 5.75 Å². The van der Waals surface area contributed by atoms with E-state index in [9.17, 15) is 20.0 Å². The van der Waals surface area contributed by atoms with Crippen LogP contribution in [0.1, 0.15) is 15.9 Å². The first-order valence-corrected chi connectivity index (χ1v) is 6.01. The van der Waals surface area contributed by atoms with Gasteiger partial charge in [0.05, 0.1) is 11.5 Å². The second-order valence-electron chi connectivity index (χ2n) is 4.17. The average molecular weight is 288 g/mol. The van der Waals surface area contributed by atoms with Crippen LogP contribution in [0.3, 0.4) is 0 Å². The summed E-state index contributed by atoms with van der Waals surface area (Å²) < 4.78 is 0. The highest BCUT2D eigenvalue weighted by Crippen LogP contribution is 2.26. The third kappa shape index (κ3) is 3.77. The van der Waals surface area contributed by atoms with Gasteiger partial charge in [0.15, 0.2) is 5.75 Å². The zero-order valence-corrected chi connectivity index (χ0v) is 10.9. The number of nitrogens with one attached hydrogen (secondary N) is 1. The van der Waals surface area contributed by atoms with Crippen molar-refractivity contribution < 1.29 is 19.7 Å². The van der Waals surface area contributed by atoms with E-state index in [1.807, 2.05) is 30.3 Å². The van der Waals surface area contributed by atoms with Crippen LogP contribution in [0, 0.1) is 10.1 Å². The van der Waals surface area contributed by atoms with E-state index >= 15 is 0 Å². The number of hydrogen-bond donors (Lipinski definition) is 2. The van der Waals surface area contributed by atoms with Crippen LogP contribution < -0.4 is 5.48 Å². The third-order valence-electron chi connectivity index (χ3n) is 2.68. The molecule has 0 aliphatic rings. The van der Waals surface area contributed by atoms with Gasteiger partial charge in [0.25, 0.3) is 5.91 Å². The molecule has 7 nitrogen and oxygen atoms in total. The molecule has 0 aliphatic carbocycles. The van der Waals surface area contributed by atoms with Gasteiger partial charge in [-0.1, -0.05) is 30.3 Å². The molecule has 2 rings (SSSR count). The molecule has 108 valence electrons. The Labute approximate surface area is 119 Å². The van der Waals surface area contributed by atoms with E-state index in [0.717, 1.165) is 17.7 Å². The Morgan fingerprint density at radius 3 is 2.57 bits per heavy atom. The molecule has 0 unspecified atom stereocenters. The highest BCUT2D eigenvalue weighted by atomic mass is 16.7. The molecule has 0 aliphatic heterocycles. The van der Waals surface area contributed by atoms with E-state index < -0.39 is 22.3 Å². The van der Waals surface area contributed by atoms with E-state index in [4.69, 9.17) is 4.84 Å². The first-order valence-electron chi connectivity index (χ1n) is 6.01. The van der Waals surface area contributed by atoms with Gasteiger partial charge < -0.3 is 5.11 Å². The van der Waals surface area contributed by atoms with Crippen LogP contribution in [-0.2, 0) is 11.4 Å². The maximum absolute atomic E-state index is 11.8. The summed E-state index contributed by atoms with van der Waals surface area (Å²) >= 11 is 0. The summed E-state index contributed by atoms with van der Waals surface area (Å²) in [5.41, 5.74) is 2.68. The number of phenolic OH excluding ortho intramolecular Hbond substituents is 1. The standard InChI is InChI=1S/C14H12N2O5/c17-13-8-11(6-7-12(13)16(19)20)14(18)15-21-9-10-4-2-1-3-5-10/h1-8,17H,9H2,(H,15,18). The number of phenols is 1. The zero-order chi connectivity index (χ0) is 15.2. The Bertz CT molecular complexity index is 658. The number of amides is 1. The molecule has 21 heavy (non-hydrogen) atoms. The maximum atomic E-state index is 11.8. The van der Waals surface area contributed by atoms with Gasteiger partial charge >= 0.3 is 5.69 Å². The van der Waals surface area contributed by atoms with Gasteiger partial charge in [-0.15, -0.1) is 0 Å². The molecule has 0 heterocycles. The van der Waals surface area contributed by atoms with Crippen molar-refractivity contribution in [2.24, 2.45) is 0 Å². The average Bonchev–Trinajstić information content (AvgIpc) is 2.47. The van der Waals surface area contributed by atoms with Crippen molar-refractivity contribution in [3.05, 3.63) is 69.8 Å². The van der Waals surface area contributed by atoms with E-state index in [0.29, 0.717) is 0 Å². The number of benzene rings is 2. The Balaban J connectivity index is 1.94. The lowest BCUT2D eigenvalue weighted by Gasteiger charge is -2.06. The summed E-state index contributed by atoms with van der Waals surface area (Å²) in [7, 11) is 0. The van der Waals surface area contributed by atoms with Crippen LogP contribution in [0.25, 0.3) is 0 Å². The minimum Gasteiger partial charge on any atom is -0.502 e. The predicted octanol–water partition coefficient (Wildman–Crippen LogP) is 2.16. The molecule has 0 aromatic heterocycles. The maximum Gasteiger partial charge on any atom is 0.310 e. The summed E-state index contributed by atoms with van der Waals surface area (Å²) in [6.07, 6.45) is 0. The quantitative estimate of drug-likeness (QED) is 0.648. The molecule has 0 radical (unpaired) electrons. The molecule has 2 aromatic rings. The van der Waals surface area contributed by atoms with E-state index in [1.54, 1.807) is 0 Å². The summed E-state index contributed by atoms with van der Waals surface area (Å²) in [6.45, 7) is 0.186. The molecule has 1 amide bonds. The fourth-order valence-corrected chi connectivity index (χ4v) is 1.64. The number of carbonyl (C=O) groups is 1. The number of nitrogens with zero attached hydrogens (tertiary/aromatic N) is 1. The fourth-order valence-electron chi connectivity index (χ4n) is 1.64. The topological polar surface area (TPSA) is 102 Å². The predicted molar refractivity (Wildman–Crippen MR) is 73.5 cm³/mol. The molecular weight excluding hydrogens is 276 g/mol. The summed E-state index contributed by atoms with van der Waals surface area (Å²) in [6, 6.07) is 12.5. The van der Waals surface area contributed by atoms with Crippen molar-refractivity contribution in [2.45, 2.75) is 6.61 Å². The second kappa shape index (κ2) is 6.49. The Hall–Kier alpha value is -2.93. The molecule has 0 fully saturated rings. The van der Waals surface area contributed by atoms with Gasteiger partial charge in [0.1, 0.15) is 0 Å². The summed E-state index contributed by atoms with van der Waals surface area (Å²) in [5, 5.41) is 20.0. The van der Waals surface area contributed by atoms with Gasteiger partial charge in [0, 0.05) is 11.6 Å². The largest absolute Gasteiger partial charge is 0.502 e. The molecule has 0 saturated carbocycles. The van der Waals surface area contributed by atoms with Crippen LogP contribution in [0.5, 0.6) is 5.75 Å². The molecule has 0 atom stereocenters. The van der Waals surface area contributed by atoms with Crippen LogP contribution in [0.15, 0.2) is 48.5 Å².